The fourth-order valence-electron chi connectivity index (χ4n) is 3.76. The van der Waals surface area contributed by atoms with Crippen molar-refractivity contribution >= 4 is 17.3 Å². The van der Waals surface area contributed by atoms with Crippen molar-refractivity contribution in [3.8, 4) is 0 Å². The number of rotatable bonds is 10. The van der Waals surface area contributed by atoms with Gasteiger partial charge >= 0.3 is 0 Å². The Labute approximate surface area is 179 Å². The Bertz CT molecular complexity index is 746. The number of aliphatic imine (C=N–C) groups is 1. The zero-order valence-corrected chi connectivity index (χ0v) is 18.5. The van der Waals surface area contributed by atoms with E-state index in [0.29, 0.717) is 6.04 Å². The van der Waals surface area contributed by atoms with Gasteiger partial charge in [-0.25, -0.2) is 0 Å². The molecule has 0 aliphatic carbocycles. The lowest BCUT2D eigenvalue weighted by Crippen LogP contribution is -2.44. The highest BCUT2D eigenvalue weighted by molar-refractivity contribution is 7.10. The molecule has 1 atom stereocenters. The summed E-state index contributed by atoms with van der Waals surface area (Å²) in [6.07, 6.45) is 3.29. The summed E-state index contributed by atoms with van der Waals surface area (Å²) < 4.78 is 5.40. The Kier molecular flexibility index (Phi) is 8.99. The van der Waals surface area contributed by atoms with Crippen LogP contribution >= 0.6 is 11.3 Å². The summed E-state index contributed by atoms with van der Waals surface area (Å²) in [7, 11) is 1.84. The van der Waals surface area contributed by atoms with Crippen molar-refractivity contribution in [2.75, 3.05) is 39.9 Å². The lowest BCUT2D eigenvalue weighted by Gasteiger charge is -2.35. The van der Waals surface area contributed by atoms with Crippen molar-refractivity contribution in [1.29, 1.82) is 0 Å². The molecule has 1 aromatic heterocycles. The van der Waals surface area contributed by atoms with E-state index in [9.17, 15) is 0 Å². The number of nitrogens with zero attached hydrogens (tertiary/aromatic N) is 2. The monoisotopic (exact) mass is 414 g/mol. The van der Waals surface area contributed by atoms with Gasteiger partial charge < -0.3 is 15.4 Å². The lowest BCUT2D eigenvalue weighted by molar-refractivity contribution is 0.143. The van der Waals surface area contributed by atoms with E-state index in [1.54, 1.807) is 4.88 Å². The molecule has 29 heavy (non-hydrogen) atoms. The molecule has 0 saturated carbocycles. The highest BCUT2D eigenvalue weighted by Gasteiger charge is 2.25. The van der Waals surface area contributed by atoms with Gasteiger partial charge in [0.25, 0.3) is 0 Å². The number of hydrogen-bond donors (Lipinski definition) is 2. The summed E-state index contributed by atoms with van der Waals surface area (Å²) in [5, 5.41) is 9.21. The van der Waals surface area contributed by atoms with Gasteiger partial charge in [0.15, 0.2) is 5.96 Å². The summed E-state index contributed by atoms with van der Waals surface area (Å²) in [5.41, 5.74) is 2.84. The van der Waals surface area contributed by atoms with Crippen LogP contribution in [0.15, 0.2) is 46.8 Å². The third-order valence-electron chi connectivity index (χ3n) is 5.36. The summed E-state index contributed by atoms with van der Waals surface area (Å²) >= 11 is 1.89. The van der Waals surface area contributed by atoms with Crippen molar-refractivity contribution < 1.29 is 4.74 Å². The molecule has 1 aromatic carbocycles. The summed E-state index contributed by atoms with van der Waals surface area (Å²) in [6.45, 7) is 7.52. The van der Waals surface area contributed by atoms with E-state index in [1.165, 1.54) is 11.1 Å². The minimum Gasteiger partial charge on any atom is -0.382 e. The van der Waals surface area contributed by atoms with E-state index in [1.807, 2.05) is 25.3 Å². The third-order valence-corrected chi connectivity index (χ3v) is 6.38. The standard InChI is InChI=1S/C23H34N4OS/c1-3-28-15-8-7-13-25-23(24-2)26-17-21(19-9-5-4-6-10-19)27-14-11-22-20(18-27)12-16-29-22/h4-6,9-10,12,16,21H,3,7-8,11,13-15,17-18H2,1-2H3,(H2,24,25,26). The van der Waals surface area contributed by atoms with Gasteiger partial charge in [0.05, 0.1) is 6.04 Å². The number of hydrogen-bond acceptors (Lipinski definition) is 4. The maximum Gasteiger partial charge on any atom is 0.191 e. The van der Waals surface area contributed by atoms with E-state index in [2.05, 4.69) is 62.3 Å². The van der Waals surface area contributed by atoms with Gasteiger partial charge in [0, 0.05) is 51.3 Å². The van der Waals surface area contributed by atoms with Crippen LogP contribution in [0.4, 0.5) is 0 Å². The predicted octanol–water partition coefficient (Wildman–Crippen LogP) is 3.83. The Hall–Kier alpha value is -1.89. The Morgan fingerprint density at radius 1 is 1.21 bits per heavy atom. The van der Waals surface area contributed by atoms with Crippen LogP contribution in [0, 0.1) is 0 Å². The van der Waals surface area contributed by atoms with Crippen LogP contribution in [0.1, 0.15) is 41.8 Å². The Morgan fingerprint density at radius 2 is 2.07 bits per heavy atom. The van der Waals surface area contributed by atoms with E-state index >= 15 is 0 Å². The van der Waals surface area contributed by atoms with Gasteiger partial charge in [0.1, 0.15) is 0 Å². The van der Waals surface area contributed by atoms with Crippen LogP contribution in [0.2, 0.25) is 0 Å². The van der Waals surface area contributed by atoms with Crippen LogP contribution in [0.25, 0.3) is 0 Å². The lowest BCUT2D eigenvalue weighted by atomic mass is 10.0. The Morgan fingerprint density at radius 3 is 2.86 bits per heavy atom. The molecule has 0 radical (unpaired) electrons. The van der Waals surface area contributed by atoms with Crippen LogP contribution in [-0.4, -0.2) is 50.8 Å². The first-order chi connectivity index (χ1) is 14.3. The smallest absolute Gasteiger partial charge is 0.191 e. The number of ether oxygens (including phenoxy) is 1. The van der Waals surface area contributed by atoms with E-state index in [-0.39, 0.29) is 0 Å². The van der Waals surface area contributed by atoms with Crippen molar-refractivity contribution in [1.82, 2.24) is 15.5 Å². The van der Waals surface area contributed by atoms with Gasteiger partial charge in [-0.15, -0.1) is 11.3 Å². The molecule has 2 heterocycles. The molecule has 0 fully saturated rings. The molecule has 0 saturated heterocycles. The molecule has 0 spiro atoms. The van der Waals surface area contributed by atoms with Crippen LogP contribution < -0.4 is 10.6 Å². The molecule has 1 aliphatic rings. The fraction of sp³-hybridized carbons (Fsp3) is 0.522. The van der Waals surface area contributed by atoms with Gasteiger partial charge in [-0.2, -0.15) is 0 Å². The second-order valence-corrected chi connectivity index (χ2v) is 8.30. The molecule has 2 N–H and O–H groups in total. The van der Waals surface area contributed by atoms with E-state index in [0.717, 1.165) is 64.6 Å². The van der Waals surface area contributed by atoms with E-state index in [4.69, 9.17) is 4.74 Å². The summed E-state index contributed by atoms with van der Waals surface area (Å²) in [5.74, 6) is 0.871. The first-order valence-corrected chi connectivity index (χ1v) is 11.6. The average molecular weight is 415 g/mol. The second-order valence-electron chi connectivity index (χ2n) is 7.30. The molecule has 5 nitrogen and oxygen atoms in total. The minimum absolute atomic E-state index is 0.320. The molecular weight excluding hydrogens is 380 g/mol. The van der Waals surface area contributed by atoms with Crippen LogP contribution in [0.3, 0.4) is 0 Å². The maximum atomic E-state index is 5.40. The zero-order valence-electron chi connectivity index (χ0n) is 17.7. The molecule has 2 aromatic rings. The largest absolute Gasteiger partial charge is 0.382 e. The number of benzene rings is 1. The summed E-state index contributed by atoms with van der Waals surface area (Å²) in [4.78, 5) is 8.54. The maximum absolute atomic E-state index is 5.40. The van der Waals surface area contributed by atoms with Crippen molar-refractivity contribution in [2.24, 2.45) is 4.99 Å². The Balaban J connectivity index is 1.56. The van der Waals surface area contributed by atoms with Gasteiger partial charge in [0.2, 0.25) is 0 Å². The average Bonchev–Trinajstić information content (AvgIpc) is 3.23. The third kappa shape index (κ3) is 6.56. The molecule has 6 heteroatoms. The van der Waals surface area contributed by atoms with Crippen molar-refractivity contribution in [3.05, 3.63) is 57.8 Å². The topological polar surface area (TPSA) is 48.9 Å². The fourth-order valence-corrected chi connectivity index (χ4v) is 4.65. The zero-order chi connectivity index (χ0) is 20.3. The minimum atomic E-state index is 0.320. The number of fused-ring (bicyclic) bond motifs is 1. The van der Waals surface area contributed by atoms with Gasteiger partial charge in [-0.05, 0) is 48.8 Å². The quantitative estimate of drug-likeness (QED) is 0.352. The molecular formula is C23H34N4OS. The van der Waals surface area contributed by atoms with Crippen molar-refractivity contribution in [3.63, 3.8) is 0 Å². The highest BCUT2D eigenvalue weighted by atomic mass is 32.1. The summed E-state index contributed by atoms with van der Waals surface area (Å²) in [6, 6.07) is 13.4. The van der Waals surface area contributed by atoms with Crippen LogP contribution in [-0.2, 0) is 17.7 Å². The van der Waals surface area contributed by atoms with Gasteiger partial charge in [-0.1, -0.05) is 30.3 Å². The molecule has 1 unspecified atom stereocenters. The highest BCUT2D eigenvalue weighted by Crippen LogP contribution is 2.30. The van der Waals surface area contributed by atoms with Crippen molar-refractivity contribution in [2.45, 2.75) is 38.8 Å². The molecule has 0 bridgehead atoms. The number of thiophene rings is 1. The first kappa shape index (κ1) is 21.8. The predicted molar refractivity (Wildman–Crippen MR) is 123 cm³/mol. The van der Waals surface area contributed by atoms with E-state index < -0.39 is 0 Å². The number of unbranched alkanes of at least 4 members (excludes halogenated alkanes) is 1. The first-order valence-electron chi connectivity index (χ1n) is 10.7. The second kappa shape index (κ2) is 12.0. The number of guanidine groups is 1. The molecule has 1 aliphatic heterocycles. The SMILES string of the molecule is CCOCCCCNC(=NC)NCC(c1ccccc1)N1CCc2sccc2C1. The van der Waals surface area contributed by atoms with Crippen LogP contribution in [0.5, 0.6) is 0 Å². The normalized spacial score (nSPS) is 15.7. The molecule has 3 rings (SSSR count). The molecule has 158 valence electrons. The number of nitrogens with one attached hydrogen (secondary N) is 2. The van der Waals surface area contributed by atoms with Gasteiger partial charge in [-0.3, -0.25) is 9.89 Å². The molecule has 0 amide bonds.